The molecule has 0 saturated heterocycles. The molecular formula is C14H19N5O2. The molecule has 0 unspecified atom stereocenters. The number of aromatic nitrogens is 4. The van der Waals surface area contributed by atoms with Gasteiger partial charge in [0.2, 0.25) is 5.91 Å². The number of hydrogen-bond donors (Lipinski definition) is 2. The van der Waals surface area contributed by atoms with Gasteiger partial charge in [0, 0.05) is 37.1 Å². The number of nitrogens with one attached hydrogen (secondary N) is 2. The lowest BCUT2D eigenvalue weighted by Crippen LogP contribution is -2.28. The van der Waals surface area contributed by atoms with Gasteiger partial charge in [-0.3, -0.25) is 9.59 Å². The van der Waals surface area contributed by atoms with Gasteiger partial charge in [-0.1, -0.05) is 0 Å². The summed E-state index contributed by atoms with van der Waals surface area (Å²) in [5, 5.41) is 0. The van der Waals surface area contributed by atoms with Crippen molar-refractivity contribution in [3.8, 4) is 0 Å². The molecule has 0 bridgehead atoms. The highest BCUT2D eigenvalue weighted by molar-refractivity contribution is 5.76. The highest BCUT2D eigenvalue weighted by Gasteiger charge is 2.13. The van der Waals surface area contributed by atoms with Gasteiger partial charge in [-0.15, -0.1) is 0 Å². The molecule has 0 aromatic carbocycles. The van der Waals surface area contributed by atoms with Gasteiger partial charge < -0.3 is 14.9 Å². The number of amides is 1. The van der Waals surface area contributed by atoms with Gasteiger partial charge in [0.05, 0.1) is 6.54 Å². The normalized spacial score (nSPS) is 10.6. The van der Waals surface area contributed by atoms with Gasteiger partial charge in [0.15, 0.2) is 0 Å². The van der Waals surface area contributed by atoms with Crippen LogP contribution in [0.4, 0.5) is 0 Å². The van der Waals surface area contributed by atoms with Gasteiger partial charge in [0.1, 0.15) is 11.6 Å². The molecule has 0 saturated carbocycles. The lowest BCUT2D eigenvalue weighted by Gasteiger charge is -2.15. The molecule has 112 valence electrons. The average molecular weight is 289 g/mol. The fourth-order valence-corrected chi connectivity index (χ4v) is 2.17. The minimum atomic E-state index is -0.165. The summed E-state index contributed by atoms with van der Waals surface area (Å²) < 4.78 is 0. The van der Waals surface area contributed by atoms with E-state index in [1.54, 1.807) is 38.2 Å². The quantitative estimate of drug-likeness (QED) is 0.847. The van der Waals surface area contributed by atoms with Crippen LogP contribution in [-0.4, -0.2) is 37.8 Å². The van der Waals surface area contributed by atoms with E-state index in [9.17, 15) is 9.59 Å². The second-order valence-corrected chi connectivity index (χ2v) is 5.00. The molecule has 0 atom stereocenters. The predicted molar refractivity (Wildman–Crippen MR) is 77.7 cm³/mol. The standard InChI is InChI=1S/C14H19N5O2/c1-9-11(14(21)18-10(2)17-9)4-5-13(20)19(3)8-12-15-6-7-16-12/h6-7H,4-5,8H2,1-3H3,(H,15,16)(H,17,18,21). The molecule has 2 aromatic heterocycles. The Labute approximate surface area is 122 Å². The van der Waals surface area contributed by atoms with Gasteiger partial charge in [-0.05, 0) is 20.3 Å². The number of imidazole rings is 1. The Morgan fingerprint density at radius 3 is 2.76 bits per heavy atom. The van der Waals surface area contributed by atoms with Gasteiger partial charge in [0.25, 0.3) is 5.56 Å². The highest BCUT2D eigenvalue weighted by atomic mass is 16.2. The first-order valence-electron chi connectivity index (χ1n) is 6.76. The maximum Gasteiger partial charge on any atom is 0.254 e. The lowest BCUT2D eigenvalue weighted by molar-refractivity contribution is -0.130. The van der Waals surface area contributed by atoms with Crippen molar-refractivity contribution in [1.82, 2.24) is 24.8 Å². The van der Waals surface area contributed by atoms with Crippen LogP contribution >= 0.6 is 0 Å². The first-order valence-corrected chi connectivity index (χ1v) is 6.76. The maximum atomic E-state index is 12.1. The van der Waals surface area contributed by atoms with Gasteiger partial charge >= 0.3 is 0 Å². The molecule has 2 heterocycles. The van der Waals surface area contributed by atoms with Gasteiger partial charge in [-0.25, -0.2) is 9.97 Å². The lowest BCUT2D eigenvalue weighted by atomic mass is 10.1. The number of carbonyl (C=O) groups excluding carboxylic acids is 1. The smallest absolute Gasteiger partial charge is 0.254 e. The molecule has 0 fully saturated rings. The maximum absolute atomic E-state index is 12.1. The van der Waals surface area contributed by atoms with Crippen molar-refractivity contribution in [2.45, 2.75) is 33.2 Å². The summed E-state index contributed by atoms with van der Waals surface area (Å²) in [5.41, 5.74) is 1.08. The SMILES string of the molecule is Cc1nc(C)c(CCC(=O)N(C)Cc2ncc[nH]2)c(=O)[nH]1. The summed E-state index contributed by atoms with van der Waals surface area (Å²) in [4.78, 5) is 39.5. The zero-order valence-electron chi connectivity index (χ0n) is 12.4. The number of aromatic amines is 2. The molecule has 7 heteroatoms. The van der Waals surface area contributed by atoms with Crippen molar-refractivity contribution in [3.05, 3.63) is 45.7 Å². The van der Waals surface area contributed by atoms with E-state index in [0.717, 1.165) is 5.82 Å². The minimum absolute atomic E-state index is 0.0363. The average Bonchev–Trinajstić information content (AvgIpc) is 2.89. The van der Waals surface area contributed by atoms with E-state index in [1.807, 2.05) is 0 Å². The molecular weight excluding hydrogens is 270 g/mol. The monoisotopic (exact) mass is 289 g/mol. The Bertz CT molecular complexity index is 675. The number of rotatable bonds is 5. The van der Waals surface area contributed by atoms with E-state index in [4.69, 9.17) is 0 Å². The summed E-state index contributed by atoms with van der Waals surface area (Å²) in [7, 11) is 1.72. The number of hydrogen-bond acceptors (Lipinski definition) is 4. The molecule has 1 amide bonds. The zero-order valence-corrected chi connectivity index (χ0v) is 12.4. The van der Waals surface area contributed by atoms with E-state index in [1.165, 1.54) is 0 Å². The summed E-state index contributed by atoms with van der Waals surface area (Å²) in [6.07, 6.45) is 4.02. The summed E-state index contributed by atoms with van der Waals surface area (Å²) >= 11 is 0. The number of aryl methyl sites for hydroxylation is 2. The fourth-order valence-electron chi connectivity index (χ4n) is 2.17. The molecule has 2 rings (SSSR count). The first-order chi connectivity index (χ1) is 9.97. The third-order valence-corrected chi connectivity index (χ3v) is 3.30. The molecule has 0 radical (unpaired) electrons. The summed E-state index contributed by atoms with van der Waals surface area (Å²) in [6, 6.07) is 0. The van der Waals surface area contributed by atoms with Crippen LogP contribution in [0.15, 0.2) is 17.2 Å². The minimum Gasteiger partial charge on any atom is -0.347 e. The van der Waals surface area contributed by atoms with Gasteiger partial charge in [-0.2, -0.15) is 0 Å². The zero-order chi connectivity index (χ0) is 15.4. The van der Waals surface area contributed by atoms with Crippen LogP contribution in [0, 0.1) is 13.8 Å². The van der Waals surface area contributed by atoms with Crippen molar-refractivity contribution in [1.29, 1.82) is 0 Å². The topological polar surface area (TPSA) is 94.7 Å². The highest BCUT2D eigenvalue weighted by Crippen LogP contribution is 2.05. The van der Waals surface area contributed by atoms with Crippen LogP contribution in [-0.2, 0) is 17.8 Å². The molecule has 0 aliphatic rings. The molecule has 2 N–H and O–H groups in total. The molecule has 21 heavy (non-hydrogen) atoms. The number of H-pyrrole nitrogens is 2. The second-order valence-electron chi connectivity index (χ2n) is 5.00. The van der Waals surface area contributed by atoms with Crippen molar-refractivity contribution in [3.63, 3.8) is 0 Å². The van der Waals surface area contributed by atoms with Crippen molar-refractivity contribution in [2.24, 2.45) is 0 Å². The van der Waals surface area contributed by atoms with E-state index < -0.39 is 0 Å². The van der Waals surface area contributed by atoms with Crippen molar-refractivity contribution < 1.29 is 4.79 Å². The van der Waals surface area contributed by atoms with Crippen LogP contribution in [0.1, 0.15) is 29.3 Å². The number of nitrogens with zero attached hydrogens (tertiary/aromatic N) is 3. The predicted octanol–water partition coefficient (Wildman–Crippen LogP) is 0.701. The molecule has 0 aliphatic heterocycles. The van der Waals surface area contributed by atoms with E-state index in [0.29, 0.717) is 30.0 Å². The van der Waals surface area contributed by atoms with E-state index >= 15 is 0 Å². The van der Waals surface area contributed by atoms with Crippen molar-refractivity contribution >= 4 is 5.91 Å². The Kier molecular flexibility index (Phi) is 4.52. The van der Waals surface area contributed by atoms with Crippen molar-refractivity contribution in [2.75, 3.05) is 7.05 Å². The Balaban J connectivity index is 1.96. The molecule has 7 nitrogen and oxygen atoms in total. The third kappa shape index (κ3) is 3.77. The third-order valence-electron chi connectivity index (χ3n) is 3.30. The second kappa shape index (κ2) is 6.34. The summed E-state index contributed by atoms with van der Waals surface area (Å²) in [6.45, 7) is 3.95. The molecule has 0 spiro atoms. The first kappa shape index (κ1) is 15.0. The van der Waals surface area contributed by atoms with Crippen LogP contribution in [0.3, 0.4) is 0 Å². The van der Waals surface area contributed by atoms with Crippen LogP contribution in [0.2, 0.25) is 0 Å². The van der Waals surface area contributed by atoms with Crippen LogP contribution < -0.4 is 5.56 Å². The van der Waals surface area contributed by atoms with E-state index in [2.05, 4.69) is 19.9 Å². The molecule has 0 aliphatic carbocycles. The number of carbonyl (C=O) groups is 1. The Morgan fingerprint density at radius 2 is 2.14 bits per heavy atom. The molecule has 2 aromatic rings. The Hall–Kier alpha value is -2.44. The summed E-state index contributed by atoms with van der Waals surface area (Å²) in [5.74, 6) is 1.28. The largest absolute Gasteiger partial charge is 0.347 e. The Morgan fingerprint density at radius 1 is 1.38 bits per heavy atom. The fraction of sp³-hybridized carbons (Fsp3) is 0.429. The van der Waals surface area contributed by atoms with Crippen LogP contribution in [0.5, 0.6) is 0 Å². The van der Waals surface area contributed by atoms with Crippen LogP contribution in [0.25, 0.3) is 0 Å². The van der Waals surface area contributed by atoms with E-state index in [-0.39, 0.29) is 17.9 Å².